The average molecular weight is 441 g/mol. The molecule has 4 heteroatoms. The Hall–Kier alpha value is -4.70. The first-order chi connectivity index (χ1) is 16.7. The lowest BCUT2D eigenvalue weighted by molar-refractivity contribution is 1.18. The summed E-state index contributed by atoms with van der Waals surface area (Å²) < 4.78 is 0. The van der Waals surface area contributed by atoms with Gasteiger partial charge in [0.1, 0.15) is 11.4 Å². The minimum absolute atomic E-state index is 0.169. The Morgan fingerprint density at radius 3 is 0.824 bits per heavy atom. The Morgan fingerprint density at radius 2 is 0.588 bits per heavy atom. The molecule has 1 aliphatic rings. The number of allylic oxidation sites excluding steroid dienone is 4. The lowest BCUT2D eigenvalue weighted by atomic mass is 9.98. The van der Waals surface area contributed by atoms with Crippen molar-refractivity contribution in [1.29, 1.82) is 10.8 Å². The van der Waals surface area contributed by atoms with E-state index < -0.39 is 0 Å². The Labute approximate surface area is 199 Å². The van der Waals surface area contributed by atoms with Crippen LogP contribution in [0.25, 0.3) is 0 Å². The first-order valence-corrected chi connectivity index (χ1v) is 11.1. The molecular formula is C30H24N4. The van der Waals surface area contributed by atoms with Crippen molar-refractivity contribution in [3.05, 3.63) is 145 Å². The van der Waals surface area contributed by atoms with Gasteiger partial charge in [-0.05, 0) is 60.7 Å². The molecule has 4 aromatic rings. The van der Waals surface area contributed by atoms with Crippen LogP contribution in [0.5, 0.6) is 0 Å². The number of hydrogen-bond donors (Lipinski definition) is 2. The van der Waals surface area contributed by atoms with Gasteiger partial charge in [0.2, 0.25) is 0 Å². The van der Waals surface area contributed by atoms with E-state index in [0.29, 0.717) is 11.4 Å². The molecule has 0 bridgehead atoms. The summed E-state index contributed by atoms with van der Waals surface area (Å²) in [5.41, 5.74) is 5.42. The van der Waals surface area contributed by atoms with Gasteiger partial charge in [0.05, 0.1) is 11.4 Å². The Bertz CT molecular complexity index is 1170. The minimum atomic E-state index is 0.169. The summed E-state index contributed by atoms with van der Waals surface area (Å²) in [6.07, 6.45) is 3.88. The molecule has 0 atom stereocenters. The fourth-order valence-corrected chi connectivity index (χ4v) is 4.12. The summed E-state index contributed by atoms with van der Waals surface area (Å²) in [5, 5.41) is 18.1. The van der Waals surface area contributed by atoms with E-state index >= 15 is 0 Å². The fourth-order valence-electron chi connectivity index (χ4n) is 4.12. The predicted octanol–water partition coefficient (Wildman–Crippen LogP) is 7.48. The highest BCUT2D eigenvalue weighted by Crippen LogP contribution is 2.35. The van der Waals surface area contributed by atoms with Gasteiger partial charge in [-0.1, -0.05) is 72.8 Å². The van der Waals surface area contributed by atoms with Gasteiger partial charge in [-0.2, -0.15) is 0 Å². The molecule has 0 saturated heterocycles. The Balaban J connectivity index is 1.64. The van der Waals surface area contributed by atoms with E-state index in [2.05, 4.69) is 0 Å². The van der Waals surface area contributed by atoms with Crippen LogP contribution in [0, 0.1) is 10.8 Å². The van der Waals surface area contributed by atoms with Crippen molar-refractivity contribution < 1.29 is 0 Å². The molecule has 0 heterocycles. The Morgan fingerprint density at radius 1 is 0.353 bits per heavy atom. The molecular weight excluding hydrogens is 416 g/mol. The van der Waals surface area contributed by atoms with E-state index in [1.54, 1.807) is 0 Å². The lowest BCUT2D eigenvalue weighted by Gasteiger charge is -2.34. The van der Waals surface area contributed by atoms with Crippen LogP contribution in [-0.2, 0) is 0 Å². The molecule has 0 radical (unpaired) electrons. The predicted molar refractivity (Wildman–Crippen MR) is 142 cm³/mol. The molecule has 5 rings (SSSR count). The van der Waals surface area contributed by atoms with Crippen LogP contribution in [0.1, 0.15) is 0 Å². The molecule has 0 aliphatic heterocycles. The average Bonchev–Trinajstić information content (AvgIpc) is 2.91. The van der Waals surface area contributed by atoms with Gasteiger partial charge < -0.3 is 9.80 Å². The molecule has 4 nitrogen and oxygen atoms in total. The van der Waals surface area contributed by atoms with E-state index in [9.17, 15) is 0 Å². The van der Waals surface area contributed by atoms with Gasteiger partial charge >= 0.3 is 0 Å². The lowest BCUT2D eigenvalue weighted by Crippen LogP contribution is -2.35. The molecule has 0 spiro atoms. The first-order valence-electron chi connectivity index (χ1n) is 11.1. The van der Waals surface area contributed by atoms with Crippen LogP contribution in [0.2, 0.25) is 0 Å². The van der Waals surface area contributed by atoms with Crippen LogP contribution < -0.4 is 9.80 Å². The van der Waals surface area contributed by atoms with Crippen molar-refractivity contribution in [2.45, 2.75) is 0 Å². The highest BCUT2D eigenvalue weighted by molar-refractivity contribution is 6.53. The number of nitrogens with zero attached hydrogens (tertiary/aromatic N) is 2. The van der Waals surface area contributed by atoms with E-state index in [1.165, 1.54) is 0 Å². The van der Waals surface area contributed by atoms with Crippen molar-refractivity contribution >= 4 is 34.2 Å². The second-order valence-electron chi connectivity index (χ2n) is 7.87. The van der Waals surface area contributed by atoms with Crippen LogP contribution >= 0.6 is 0 Å². The molecule has 164 valence electrons. The minimum Gasteiger partial charge on any atom is -0.308 e. The van der Waals surface area contributed by atoms with Gasteiger partial charge in [0, 0.05) is 22.7 Å². The van der Waals surface area contributed by atoms with Crippen LogP contribution in [0.3, 0.4) is 0 Å². The third-order valence-corrected chi connectivity index (χ3v) is 5.70. The first kappa shape index (κ1) is 21.2. The van der Waals surface area contributed by atoms with E-state index in [1.807, 2.05) is 143 Å². The Kier molecular flexibility index (Phi) is 5.87. The summed E-state index contributed by atoms with van der Waals surface area (Å²) >= 11 is 0. The molecule has 34 heavy (non-hydrogen) atoms. The molecule has 0 saturated carbocycles. The molecule has 0 unspecified atom stereocenters. The second kappa shape index (κ2) is 9.43. The SMILES string of the molecule is N=C1C(=N)C(N(c2ccccc2)c2ccccc2)=CC=C1N(c1ccccc1)c1ccccc1. The molecule has 1 aliphatic carbocycles. The normalized spacial score (nSPS) is 13.2. The molecule has 0 fully saturated rings. The zero-order chi connectivity index (χ0) is 23.3. The van der Waals surface area contributed by atoms with E-state index in [0.717, 1.165) is 22.7 Å². The molecule has 4 aromatic carbocycles. The number of nitrogens with one attached hydrogen (secondary N) is 2. The number of anilines is 4. The van der Waals surface area contributed by atoms with Crippen LogP contribution in [0.15, 0.2) is 145 Å². The monoisotopic (exact) mass is 440 g/mol. The van der Waals surface area contributed by atoms with E-state index in [4.69, 9.17) is 10.8 Å². The summed E-state index contributed by atoms with van der Waals surface area (Å²) in [6.45, 7) is 0. The molecule has 0 aromatic heterocycles. The number of hydrogen-bond acceptors (Lipinski definition) is 4. The van der Waals surface area contributed by atoms with Gasteiger partial charge in [-0.3, -0.25) is 10.8 Å². The van der Waals surface area contributed by atoms with Gasteiger partial charge in [-0.25, -0.2) is 0 Å². The van der Waals surface area contributed by atoms with E-state index in [-0.39, 0.29) is 11.4 Å². The topological polar surface area (TPSA) is 54.2 Å². The van der Waals surface area contributed by atoms with Crippen LogP contribution in [0.4, 0.5) is 22.7 Å². The molecule has 2 N–H and O–H groups in total. The zero-order valence-electron chi connectivity index (χ0n) is 18.6. The second-order valence-corrected chi connectivity index (χ2v) is 7.87. The van der Waals surface area contributed by atoms with Gasteiger partial charge in [0.15, 0.2) is 0 Å². The third kappa shape index (κ3) is 4.05. The number of rotatable bonds is 6. The van der Waals surface area contributed by atoms with Crippen molar-refractivity contribution in [3.63, 3.8) is 0 Å². The number of benzene rings is 4. The summed E-state index contributed by atoms with van der Waals surface area (Å²) in [6, 6.07) is 39.9. The maximum Gasteiger partial charge on any atom is 0.105 e. The van der Waals surface area contributed by atoms with Crippen molar-refractivity contribution in [2.75, 3.05) is 9.80 Å². The fraction of sp³-hybridized carbons (Fsp3) is 0. The van der Waals surface area contributed by atoms with Gasteiger partial charge in [0.25, 0.3) is 0 Å². The summed E-state index contributed by atoms with van der Waals surface area (Å²) in [5.74, 6) is 0. The third-order valence-electron chi connectivity index (χ3n) is 5.70. The van der Waals surface area contributed by atoms with Crippen LogP contribution in [-0.4, -0.2) is 11.4 Å². The number of para-hydroxylation sites is 4. The summed E-state index contributed by atoms with van der Waals surface area (Å²) in [7, 11) is 0. The van der Waals surface area contributed by atoms with Crippen molar-refractivity contribution in [1.82, 2.24) is 0 Å². The maximum atomic E-state index is 9.03. The maximum absolute atomic E-state index is 9.03. The largest absolute Gasteiger partial charge is 0.308 e. The van der Waals surface area contributed by atoms with Gasteiger partial charge in [-0.15, -0.1) is 0 Å². The quantitative estimate of drug-likeness (QED) is 0.305. The standard InChI is InChI=1S/C30H24N4/c31-29-27(33(23-13-5-1-6-14-23)24-15-7-2-8-16-24)21-22-28(30(29)32)34(25-17-9-3-10-18-25)26-19-11-4-12-20-26/h1-22,31-32H. The highest BCUT2D eigenvalue weighted by atomic mass is 15.2. The van der Waals surface area contributed by atoms with Crippen molar-refractivity contribution in [2.24, 2.45) is 0 Å². The van der Waals surface area contributed by atoms with Crippen molar-refractivity contribution in [3.8, 4) is 0 Å². The zero-order valence-corrected chi connectivity index (χ0v) is 18.6. The smallest absolute Gasteiger partial charge is 0.105 e. The molecule has 0 amide bonds. The highest BCUT2D eigenvalue weighted by Gasteiger charge is 2.29. The summed E-state index contributed by atoms with van der Waals surface area (Å²) in [4.78, 5) is 4.05.